The Morgan fingerprint density at radius 1 is 1.06 bits per heavy atom. The number of hydrogen-bond acceptors (Lipinski definition) is 2. The van der Waals surface area contributed by atoms with Crippen molar-refractivity contribution in [3.63, 3.8) is 0 Å². The van der Waals surface area contributed by atoms with Gasteiger partial charge in [-0.25, -0.2) is 0 Å². The van der Waals surface area contributed by atoms with Gasteiger partial charge in [0.15, 0.2) is 0 Å². The SMILES string of the molecule is CCCCNCc1ccc(CN2CCCC2)cc1. The Balaban J connectivity index is 1.74. The molecule has 1 aliphatic rings. The number of unbranched alkanes of at least 4 members (excludes halogenated alkanes) is 1. The Morgan fingerprint density at radius 2 is 1.72 bits per heavy atom. The van der Waals surface area contributed by atoms with Gasteiger partial charge in [0, 0.05) is 13.1 Å². The molecule has 2 nitrogen and oxygen atoms in total. The number of nitrogens with zero attached hydrogens (tertiary/aromatic N) is 1. The predicted molar refractivity (Wildman–Crippen MR) is 77.6 cm³/mol. The van der Waals surface area contributed by atoms with Crippen LogP contribution in [0.25, 0.3) is 0 Å². The van der Waals surface area contributed by atoms with Crippen molar-refractivity contribution >= 4 is 0 Å². The highest BCUT2D eigenvalue weighted by atomic mass is 15.1. The molecule has 1 aromatic carbocycles. The van der Waals surface area contributed by atoms with Gasteiger partial charge in [0.25, 0.3) is 0 Å². The topological polar surface area (TPSA) is 15.3 Å². The molecule has 0 aliphatic carbocycles. The van der Waals surface area contributed by atoms with Gasteiger partial charge in [-0.2, -0.15) is 0 Å². The number of nitrogens with one attached hydrogen (secondary N) is 1. The summed E-state index contributed by atoms with van der Waals surface area (Å²) in [5.41, 5.74) is 2.85. The maximum absolute atomic E-state index is 3.48. The zero-order valence-corrected chi connectivity index (χ0v) is 11.6. The summed E-state index contributed by atoms with van der Waals surface area (Å²) < 4.78 is 0. The molecule has 0 spiro atoms. The number of rotatable bonds is 7. The van der Waals surface area contributed by atoms with Crippen LogP contribution < -0.4 is 5.32 Å². The molecule has 100 valence electrons. The van der Waals surface area contributed by atoms with Crippen LogP contribution in [0.2, 0.25) is 0 Å². The minimum absolute atomic E-state index is 1.00. The standard InChI is InChI=1S/C16H26N2/c1-2-3-10-17-13-15-6-8-16(9-7-15)14-18-11-4-5-12-18/h6-9,17H,2-5,10-14H2,1H3. The molecular weight excluding hydrogens is 220 g/mol. The van der Waals surface area contributed by atoms with E-state index in [0.29, 0.717) is 0 Å². The van der Waals surface area contributed by atoms with E-state index in [9.17, 15) is 0 Å². The first-order valence-corrected chi connectivity index (χ1v) is 7.39. The van der Waals surface area contributed by atoms with E-state index in [0.717, 1.165) is 19.6 Å². The molecular formula is C16H26N2. The molecule has 0 atom stereocenters. The average molecular weight is 246 g/mol. The predicted octanol–water partition coefficient (Wildman–Crippen LogP) is 3.17. The number of hydrogen-bond donors (Lipinski definition) is 1. The van der Waals surface area contributed by atoms with Crippen molar-refractivity contribution in [2.24, 2.45) is 0 Å². The lowest BCUT2D eigenvalue weighted by Crippen LogP contribution is -2.18. The Bertz CT molecular complexity index is 325. The molecule has 0 aromatic heterocycles. The highest BCUT2D eigenvalue weighted by Crippen LogP contribution is 2.13. The minimum atomic E-state index is 1.00. The molecule has 2 heteroatoms. The summed E-state index contributed by atoms with van der Waals surface area (Å²) in [6.45, 7) is 8.05. The first kappa shape index (κ1) is 13.6. The summed E-state index contributed by atoms with van der Waals surface area (Å²) in [7, 11) is 0. The third-order valence-electron chi connectivity index (χ3n) is 3.66. The molecule has 1 N–H and O–H groups in total. The first-order valence-electron chi connectivity index (χ1n) is 7.39. The molecule has 0 saturated carbocycles. The summed E-state index contributed by atoms with van der Waals surface area (Å²) in [6.07, 6.45) is 5.29. The fourth-order valence-corrected chi connectivity index (χ4v) is 2.50. The Labute approximate surface area is 111 Å². The van der Waals surface area contributed by atoms with E-state index >= 15 is 0 Å². The van der Waals surface area contributed by atoms with Crippen LogP contribution in [-0.2, 0) is 13.1 Å². The van der Waals surface area contributed by atoms with E-state index in [4.69, 9.17) is 0 Å². The fourth-order valence-electron chi connectivity index (χ4n) is 2.50. The molecule has 0 bridgehead atoms. The highest BCUT2D eigenvalue weighted by molar-refractivity contribution is 5.22. The largest absolute Gasteiger partial charge is 0.313 e. The molecule has 1 aromatic rings. The van der Waals surface area contributed by atoms with Crippen LogP contribution in [0.5, 0.6) is 0 Å². The van der Waals surface area contributed by atoms with Crippen LogP contribution in [0.4, 0.5) is 0 Å². The third-order valence-corrected chi connectivity index (χ3v) is 3.66. The van der Waals surface area contributed by atoms with E-state index in [1.165, 1.54) is 49.9 Å². The van der Waals surface area contributed by atoms with E-state index in [-0.39, 0.29) is 0 Å². The molecule has 0 amide bonds. The zero-order valence-electron chi connectivity index (χ0n) is 11.6. The van der Waals surface area contributed by atoms with Crippen LogP contribution in [0.1, 0.15) is 43.7 Å². The molecule has 2 rings (SSSR count). The van der Waals surface area contributed by atoms with Gasteiger partial charge in [0.2, 0.25) is 0 Å². The maximum Gasteiger partial charge on any atom is 0.0233 e. The van der Waals surface area contributed by atoms with E-state index in [2.05, 4.69) is 41.4 Å². The van der Waals surface area contributed by atoms with E-state index < -0.39 is 0 Å². The zero-order chi connectivity index (χ0) is 12.6. The van der Waals surface area contributed by atoms with Gasteiger partial charge >= 0.3 is 0 Å². The van der Waals surface area contributed by atoms with E-state index in [1.807, 2.05) is 0 Å². The smallest absolute Gasteiger partial charge is 0.0233 e. The van der Waals surface area contributed by atoms with Crippen molar-refractivity contribution in [1.29, 1.82) is 0 Å². The van der Waals surface area contributed by atoms with Gasteiger partial charge in [-0.3, -0.25) is 4.90 Å². The third kappa shape index (κ3) is 4.43. The van der Waals surface area contributed by atoms with Gasteiger partial charge in [-0.15, -0.1) is 0 Å². The van der Waals surface area contributed by atoms with Crippen LogP contribution in [0.3, 0.4) is 0 Å². The van der Waals surface area contributed by atoms with E-state index in [1.54, 1.807) is 0 Å². The van der Waals surface area contributed by atoms with Crippen molar-refractivity contribution in [3.8, 4) is 0 Å². The average Bonchev–Trinajstić information content (AvgIpc) is 2.89. The summed E-state index contributed by atoms with van der Waals surface area (Å²) in [5, 5.41) is 3.48. The van der Waals surface area contributed by atoms with Gasteiger partial charge in [-0.05, 0) is 50.0 Å². The Morgan fingerprint density at radius 3 is 2.39 bits per heavy atom. The first-order chi connectivity index (χ1) is 8.88. The van der Waals surface area contributed by atoms with Crippen molar-refractivity contribution < 1.29 is 0 Å². The van der Waals surface area contributed by atoms with Gasteiger partial charge in [0.1, 0.15) is 0 Å². The molecule has 1 saturated heterocycles. The lowest BCUT2D eigenvalue weighted by molar-refractivity contribution is 0.331. The lowest BCUT2D eigenvalue weighted by Gasteiger charge is -2.14. The summed E-state index contributed by atoms with van der Waals surface area (Å²) in [5.74, 6) is 0. The van der Waals surface area contributed by atoms with Crippen molar-refractivity contribution in [3.05, 3.63) is 35.4 Å². The second-order valence-corrected chi connectivity index (χ2v) is 5.33. The van der Waals surface area contributed by atoms with Crippen LogP contribution in [0, 0.1) is 0 Å². The number of likely N-dealkylation sites (tertiary alicyclic amines) is 1. The van der Waals surface area contributed by atoms with Gasteiger partial charge in [0.05, 0.1) is 0 Å². The second kappa shape index (κ2) is 7.55. The van der Waals surface area contributed by atoms with Crippen molar-refractivity contribution in [2.45, 2.75) is 45.7 Å². The van der Waals surface area contributed by atoms with Gasteiger partial charge in [-0.1, -0.05) is 37.6 Å². The van der Waals surface area contributed by atoms with Crippen LogP contribution in [0.15, 0.2) is 24.3 Å². The highest BCUT2D eigenvalue weighted by Gasteiger charge is 2.11. The molecule has 1 aliphatic heterocycles. The minimum Gasteiger partial charge on any atom is -0.313 e. The van der Waals surface area contributed by atoms with Crippen molar-refractivity contribution in [1.82, 2.24) is 10.2 Å². The van der Waals surface area contributed by atoms with Crippen LogP contribution in [-0.4, -0.2) is 24.5 Å². The maximum atomic E-state index is 3.48. The Kier molecular flexibility index (Phi) is 5.69. The Hall–Kier alpha value is -0.860. The van der Waals surface area contributed by atoms with Gasteiger partial charge < -0.3 is 5.32 Å². The second-order valence-electron chi connectivity index (χ2n) is 5.33. The molecule has 1 fully saturated rings. The monoisotopic (exact) mass is 246 g/mol. The molecule has 0 radical (unpaired) electrons. The molecule has 18 heavy (non-hydrogen) atoms. The fraction of sp³-hybridized carbons (Fsp3) is 0.625. The normalized spacial score (nSPS) is 16.3. The number of benzene rings is 1. The lowest BCUT2D eigenvalue weighted by atomic mass is 10.1. The molecule has 0 unspecified atom stereocenters. The summed E-state index contributed by atoms with van der Waals surface area (Å²) in [6, 6.07) is 9.11. The van der Waals surface area contributed by atoms with Crippen molar-refractivity contribution in [2.75, 3.05) is 19.6 Å². The quantitative estimate of drug-likeness (QED) is 0.743. The summed E-state index contributed by atoms with van der Waals surface area (Å²) in [4.78, 5) is 2.55. The van der Waals surface area contributed by atoms with Crippen LogP contribution >= 0.6 is 0 Å². The summed E-state index contributed by atoms with van der Waals surface area (Å²) >= 11 is 0. The molecule has 1 heterocycles.